The molecule has 0 aliphatic heterocycles. The molecule has 0 saturated heterocycles. The highest BCUT2D eigenvalue weighted by atomic mass is 32.1. The van der Waals surface area contributed by atoms with Crippen molar-refractivity contribution in [3.8, 4) is 11.5 Å². The summed E-state index contributed by atoms with van der Waals surface area (Å²) in [5, 5.41) is 9.92. The predicted molar refractivity (Wildman–Crippen MR) is 104 cm³/mol. The first-order chi connectivity index (χ1) is 12.6. The number of carboxylic acids is 1. The van der Waals surface area contributed by atoms with Crippen LogP contribution in [-0.4, -0.2) is 30.3 Å². The van der Waals surface area contributed by atoms with E-state index in [4.69, 9.17) is 14.6 Å². The van der Waals surface area contributed by atoms with Crippen molar-refractivity contribution in [2.75, 3.05) is 14.2 Å². The van der Waals surface area contributed by atoms with Gasteiger partial charge >= 0.3 is 5.97 Å². The van der Waals surface area contributed by atoms with E-state index in [9.17, 15) is 4.79 Å². The van der Waals surface area contributed by atoms with Crippen LogP contribution in [0.4, 0.5) is 0 Å². The van der Waals surface area contributed by atoms with Crippen molar-refractivity contribution < 1.29 is 19.4 Å². The van der Waals surface area contributed by atoms with Gasteiger partial charge in [0.05, 0.1) is 24.4 Å². The Hall–Kier alpha value is -2.86. The lowest BCUT2D eigenvalue weighted by atomic mass is 10.1. The molecular weight excluding hydrogens is 350 g/mol. The summed E-state index contributed by atoms with van der Waals surface area (Å²) >= 11 is 1.57. The van der Waals surface area contributed by atoms with Crippen molar-refractivity contribution in [1.82, 2.24) is 4.98 Å². The average Bonchev–Trinajstić information content (AvgIpc) is 3.08. The van der Waals surface area contributed by atoms with E-state index in [0.717, 1.165) is 26.4 Å². The number of aromatic nitrogens is 1. The average molecular weight is 369 g/mol. The molecule has 134 valence electrons. The van der Waals surface area contributed by atoms with E-state index < -0.39 is 5.97 Å². The van der Waals surface area contributed by atoms with Crippen LogP contribution < -0.4 is 9.47 Å². The van der Waals surface area contributed by atoms with Gasteiger partial charge in [-0.25, -0.2) is 4.98 Å². The SMILES string of the molecule is COc1ccc(/C=C(\CCC(=O)O)c2nc3ccccc3s2)cc1OC. The molecule has 6 heteroatoms. The van der Waals surface area contributed by atoms with Gasteiger partial charge in [-0.1, -0.05) is 18.2 Å². The quantitative estimate of drug-likeness (QED) is 0.653. The highest BCUT2D eigenvalue weighted by molar-refractivity contribution is 7.19. The molecule has 0 aliphatic rings. The van der Waals surface area contributed by atoms with Crippen LogP contribution in [0.5, 0.6) is 11.5 Å². The maximum Gasteiger partial charge on any atom is 0.303 e. The first kappa shape index (κ1) is 17.9. The minimum Gasteiger partial charge on any atom is -0.493 e. The molecule has 26 heavy (non-hydrogen) atoms. The fourth-order valence-electron chi connectivity index (χ4n) is 2.64. The molecule has 0 radical (unpaired) electrons. The van der Waals surface area contributed by atoms with Gasteiger partial charge in [-0.05, 0) is 47.9 Å². The van der Waals surface area contributed by atoms with Crippen molar-refractivity contribution in [1.29, 1.82) is 0 Å². The summed E-state index contributed by atoms with van der Waals surface area (Å²) in [6, 6.07) is 13.5. The van der Waals surface area contributed by atoms with Crippen molar-refractivity contribution >= 4 is 39.2 Å². The number of nitrogens with zero attached hydrogens (tertiary/aromatic N) is 1. The molecule has 0 atom stereocenters. The molecule has 0 amide bonds. The van der Waals surface area contributed by atoms with Crippen molar-refractivity contribution in [2.24, 2.45) is 0 Å². The molecule has 2 aromatic carbocycles. The molecule has 5 nitrogen and oxygen atoms in total. The maximum absolute atomic E-state index is 11.1. The van der Waals surface area contributed by atoms with Gasteiger partial charge in [0.2, 0.25) is 0 Å². The Morgan fingerprint density at radius 3 is 2.58 bits per heavy atom. The fraction of sp³-hybridized carbons (Fsp3) is 0.200. The molecule has 3 rings (SSSR count). The largest absolute Gasteiger partial charge is 0.493 e. The third-order valence-electron chi connectivity index (χ3n) is 3.93. The van der Waals surface area contributed by atoms with Crippen molar-refractivity contribution in [2.45, 2.75) is 12.8 Å². The van der Waals surface area contributed by atoms with E-state index in [-0.39, 0.29) is 6.42 Å². The number of thiazole rings is 1. The summed E-state index contributed by atoms with van der Waals surface area (Å²) in [6.07, 6.45) is 2.42. The van der Waals surface area contributed by atoms with Crippen LogP contribution in [0.25, 0.3) is 21.9 Å². The third-order valence-corrected chi connectivity index (χ3v) is 5.04. The molecule has 0 spiro atoms. The van der Waals surface area contributed by atoms with E-state index in [0.29, 0.717) is 17.9 Å². The summed E-state index contributed by atoms with van der Waals surface area (Å²) in [5.74, 6) is 0.448. The van der Waals surface area contributed by atoms with Crippen LogP contribution in [0.2, 0.25) is 0 Å². The Morgan fingerprint density at radius 1 is 1.12 bits per heavy atom. The van der Waals surface area contributed by atoms with Crippen LogP contribution in [-0.2, 0) is 4.79 Å². The molecule has 1 N–H and O–H groups in total. The van der Waals surface area contributed by atoms with Crippen LogP contribution in [0.1, 0.15) is 23.4 Å². The van der Waals surface area contributed by atoms with Gasteiger partial charge in [0.15, 0.2) is 11.5 Å². The number of aliphatic carboxylic acids is 1. The van der Waals surface area contributed by atoms with Gasteiger partial charge in [0, 0.05) is 6.42 Å². The van der Waals surface area contributed by atoms with Crippen molar-refractivity contribution in [3.05, 3.63) is 53.0 Å². The second-order valence-corrected chi connectivity index (χ2v) is 6.70. The highest BCUT2D eigenvalue weighted by Crippen LogP contribution is 2.33. The van der Waals surface area contributed by atoms with Gasteiger partial charge in [-0.15, -0.1) is 11.3 Å². The summed E-state index contributed by atoms with van der Waals surface area (Å²) in [4.78, 5) is 15.7. The fourth-order valence-corrected chi connectivity index (χ4v) is 3.65. The topological polar surface area (TPSA) is 68.7 Å². The number of rotatable bonds is 7. The number of allylic oxidation sites excluding steroid dienone is 1. The van der Waals surface area contributed by atoms with Crippen LogP contribution in [0, 0.1) is 0 Å². The van der Waals surface area contributed by atoms with Gasteiger partial charge in [0.1, 0.15) is 5.01 Å². The second kappa shape index (κ2) is 8.01. The number of hydrogen-bond acceptors (Lipinski definition) is 5. The summed E-state index contributed by atoms with van der Waals surface area (Å²) in [7, 11) is 3.18. The monoisotopic (exact) mass is 369 g/mol. The maximum atomic E-state index is 11.1. The number of para-hydroxylation sites is 1. The lowest BCUT2D eigenvalue weighted by Gasteiger charge is -2.09. The molecule has 0 fully saturated rings. The summed E-state index contributed by atoms with van der Waals surface area (Å²) in [6.45, 7) is 0. The number of carboxylic acid groups (broad SMARTS) is 1. The molecule has 0 aliphatic carbocycles. The Morgan fingerprint density at radius 2 is 1.88 bits per heavy atom. The van der Waals surface area contributed by atoms with E-state index in [2.05, 4.69) is 4.98 Å². The molecule has 0 bridgehead atoms. The highest BCUT2D eigenvalue weighted by Gasteiger charge is 2.12. The zero-order valence-corrected chi connectivity index (χ0v) is 15.4. The first-order valence-electron chi connectivity index (χ1n) is 8.11. The Kier molecular flexibility index (Phi) is 5.53. The lowest BCUT2D eigenvalue weighted by molar-refractivity contribution is -0.136. The third kappa shape index (κ3) is 4.03. The molecule has 3 aromatic rings. The first-order valence-corrected chi connectivity index (χ1v) is 8.92. The van der Waals surface area contributed by atoms with Gasteiger partial charge in [0.25, 0.3) is 0 Å². The van der Waals surface area contributed by atoms with Crippen LogP contribution >= 0.6 is 11.3 Å². The summed E-state index contributed by atoms with van der Waals surface area (Å²) in [5.41, 5.74) is 2.71. The standard InChI is InChI=1S/C20H19NO4S/c1-24-16-9-7-13(12-17(16)25-2)11-14(8-10-19(22)23)20-21-15-5-3-4-6-18(15)26-20/h3-7,9,11-12H,8,10H2,1-2H3,(H,22,23)/b14-11+. The van der Waals surface area contributed by atoms with Gasteiger partial charge in [-0.2, -0.15) is 0 Å². The summed E-state index contributed by atoms with van der Waals surface area (Å²) < 4.78 is 11.7. The van der Waals surface area contributed by atoms with E-state index in [1.54, 1.807) is 25.6 Å². The number of carbonyl (C=O) groups is 1. The number of benzene rings is 2. The van der Waals surface area contributed by atoms with E-state index >= 15 is 0 Å². The Balaban J connectivity index is 2.02. The molecule has 0 saturated carbocycles. The second-order valence-electron chi connectivity index (χ2n) is 5.66. The lowest BCUT2D eigenvalue weighted by Crippen LogP contribution is -1.96. The van der Waals surface area contributed by atoms with Gasteiger partial charge in [-0.3, -0.25) is 4.79 Å². The number of ether oxygens (including phenoxy) is 2. The van der Waals surface area contributed by atoms with Crippen LogP contribution in [0.15, 0.2) is 42.5 Å². The normalized spacial score (nSPS) is 11.5. The Labute approximate surface area is 155 Å². The van der Waals surface area contributed by atoms with E-state index in [1.807, 2.05) is 48.5 Å². The minimum absolute atomic E-state index is 0.0506. The van der Waals surface area contributed by atoms with Crippen molar-refractivity contribution in [3.63, 3.8) is 0 Å². The number of methoxy groups -OCH3 is 2. The predicted octanol–water partition coefficient (Wildman–Crippen LogP) is 4.72. The molecule has 1 aromatic heterocycles. The van der Waals surface area contributed by atoms with Crippen LogP contribution in [0.3, 0.4) is 0 Å². The minimum atomic E-state index is -0.829. The number of hydrogen-bond donors (Lipinski definition) is 1. The van der Waals surface area contributed by atoms with E-state index in [1.165, 1.54) is 0 Å². The molecule has 0 unspecified atom stereocenters. The van der Waals surface area contributed by atoms with Gasteiger partial charge < -0.3 is 14.6 Å². The zero-order valence-electron chi connectivity index (χ0n) is 14.6. The molecule has 1 heterocycles. The Bertz CT molecular complexity index is 928. The number of fused-ring (bicyclic) bond motifs is 1. The smallest absolute Gasteiger partial charge is 0.303 e. The zero-order chi connectivity index (χ0) is 18.5. The molecular formula is C20H19NO4S.